The zero-order chi connectivity index (χ0) is 26.5. The molecule has 1 aliphatic heterocycles. The lowest BCUT2D eigenvalue weighted by atomic mass is 10.0. The van der Waals surface area contributed by atoms with E-state index in [4.69, 9.17) is 5.21 Å². The van der Waals surface area contributed by atoms with Crippen LogP contribution in [0.4, 0.5) is 5.95 Å². The van der Waals surface area contributed by atoms with E-state index in [9.17, 15) is 14.4 Å². The molecule has 0 spiro atoms. The van der Waals surface area contributed by atoms with Gasteiger partial charge in [-0.15, -0.1) is 0 Å². The first-order valence-electron chi connectivity index (χ1n) is 12.5. The molecule has 38 heavy (non-hydrogen) atoms. The number of hydroxylamine groups is 1. The molecular weight excluding hydrogens is 484 g/mol. The van der Waals surface area contributed by atoms with E-state index in [0.29, 0.717) is 43.3 Å². The number of nitrogens with one attached hydrogen (secondary N) is 2. The van der Waals surface area contributed by atoms with Gasteiger partial charge in [-0.2, -0.15) is 0 Å². The average Bonchev–Trinajstić information content (AvgIpc) is 3.80. The first-order chi connectivity index (χ1) is 18.5. The van der Waals surface area contributed by atoms with Gasteiger partial charge >= 0.3 is 0 Å². The van der Waals surface area contributed by atoms with Gasteiger partial charge in [-0.1, -0.05) is 42.5 Å². The second kappa shape index (κ2) is 11.2. The Bertz CT molecular complexity index is 1330. The van der Waals surface area contributed by atoms with Crippen LogP contribution in [0.5, 0.6) is 0 Å². The van der Waals surface area contributed by atoms with Crippen LogP contribution < -0.4 is 15.7 Å². The summed E-state index contributed by atoms with van der Waals surface area (Å²) in [5, 5.41) is 11.8. The van der Waals surface area contributed by atoms with Crippen molar-refractivity contribution < 1.29 is 19.6 Å². The summed E-state index contributed by atoms with van der Waals surface area (Å²) < 4.78 is 0. The molecule has 3 amide bonds. The van der Waals surface area contributed by atoms with Gasteiger partial charge in [0.25, 0.3) is 17.7 Å². The van der Waals surface area contributed by atoms with Crippen molar-refractivity contribution in [2.45, 2.75) is 18.9 Å². The van der Waals surface area contributed by atoms with Gasteiger partial charge in [-0.05, 0) is 42.2 Å². The molecule has 2 fully saturated rings. The smallest absolute Gasteiger partial charge is 0.277 e. The molecular formula is C28H28N6O4. The van der Waals surface area contributed by atoms with Crippen molar-refractivity contribution >= 4 is 35.3 Å². The molecule has 0 radical (unpaired) electrons. The van der Waals surface area contributed by atoms with Crippen LogP contribution in [0, 0.1) is 0 Å². The fourth-order valence-corrected chi connectivity index (χ4v) is 4.24. The number of piperazine rings is 1. The van der Waals surface area contributed by atoms with Gasteiger partial charge in [0.15, 0.2) is 0 Å². The standard InChI is InChI=1S/C28H28N6O4/c35-25(32-38)22-17-29-28(30-18-22)34-14-12-33(13-15-34)27(37)21-8-6-19(7-9-21)16-24(20-4-2-1-3-5-20)26(36)31-23-10-11-23/h1-9,16-18,23,38H,10-15H2,(H,31,36)(H,32,35). The molecule has 2 heterocycles. The molecule has 194 valence electrons. The van der Waals surface area contributed by atoms with Gasteiger partial charge in [-0.3, -0.25) is 19.6 Å². The minimum atomic E-state index is -0.675. The molecule has 0 atom stereocenters. The predicted octanol–water partition coefficient (Wildman–Crippen LogP) is 2.38. The third kappa shape index (κ3) is 5.87. The van der Waals surface area contributed by atoms with Crippen molar-refractivity contribution in [2.75, 3.05) is 31.1 Å². The molecule has 1 aliphatic carbocycles. The van der Waals surface area contributed by atoms with Crippen LogP contribution in [0.15, 0.2) is 67.0 Å². The van der Waals surface area contributed by atoms with Crippen molar-refractivity contribution in [3.8, 4) is 0 Å². The molecule has 3 aromatic rings. The Labute approximate surface area is 220 Å². The number of anilines is 1. The monoisotopic (exact) mass is 512 g/mol. The first kappa shape index (κ1) is 25.1. The summed E-state index contributed by atoms with van der Waals surface area (Å²) in [6, 6.07) is 17.1. The molecule has 3 N–H and O–H groups in total. The second-order valence-corrected chi connectivity index (χ2v) is 9.29. The highest BCUT2D eigenvalue weighted by Gasteiger charge is 2.26. The molecule has 2 aromatic carbocycles. The van der Waals surface area contributed by atoms with Gasteiger partial charge in [0.1, 0.15) is 0 Å². The van der Waals surface area contributed by atoms with E-state index in [1.165, 1.54) is 12.4 Å². The van der Waals surface area contributed by atoms with Crippen LogP contribution in [-0.4, -0.2) is 70.0 Å². The van der Waals surface area contributed by atoms with Crippen LogP contribution in [0.3, 0.4) is 0 Å². The van der Waals surface area contributed by atoms with E-state index in [1.807, 2.05) is 53.4 Å². The lowest BCUT2D eigenvalue weighted by Crippen LogP contribution is -2.49. The summed E-state index contributed by atoms with van der Waals surface area (Å²) in [5.74, 6) is -0.369. The van der Waals surface area contributed by atoms with Crippen LogP contribution in [-0.2, 0) is 4.79 Å². The van der Waals surface area contributed by atoms with Gasteiger partial charge in [0.05, 0.1) is 5.56 Å². The summed E-state index contributed by atoms with van der Waals surface area (Å²) in [4.78, 5) is 49.6. The number of aromatic nitrogens is 2. The van der Waals surface area contributed by atoms with Gasteiger partial charge in [0, 0.05) is 55.8 Å². The van der Waals surface area contributed by atoms with Crippen molar-refractivity contribution in [3.05, 3.63) is 89.2 Å². The topological polar surface area (TPSA) is 128 Å². The Morgan fingerprint density at radius 1 is 0.842 bits per heavy atom. The maximum atomic E-state index is 13.1. The number of carbonyl (C=O) groups excluding carboxylic acids is 3. The molecule has 5 rings (SSSR count). The Hall–Kier alpha value is -4.57. The number of benzene rings is 2. The Morgan fingerprint density at radius 2 is 1.50 bits per heavy atom. The number of hydrogen-bond donors (Lipinski definition) is 3. The summed E-state index contributed by atoms with van der Waals surface area (Å²) in [5.41, 5.74) is 4.57. The summed E-state index contributed by atoms with van der Waals surface area (Å²) in [6.45, 7) is 2.10. The fraction of sp³-hybridized carbons (Fsp3) is 0.250. The lowest BCUT2D eigenvalue weighted by molar-refractivity contribution is -0.115. The molecule has 1 saturated carbocycles. The number of hydrogen-bond acceptors (Lipinski definition) is 7. The van der Waals surface area contributed by atoms with E-state index in [1.54, 1.807) is 22.5 Å². The van der Waals surface area contributed by atoms with Crippen LogP contribution >= 0.6 is 0 Å². The number of carbonyl (C=O) groups is 3. The maximum absolute atomic E-state index is 13.1. The summed E-state index contributed by atoms with van der Waals surface area (Å²) in [6.07, 6.45) is 6.58. The lowest BCUT2D eigenvalue weighted by Gasteiger charge is -2.34. The Balaban J connectivity index is 1.23. The first-order valence-corrected chi connectivity index (χ1v) is 12.5. The van der Waals surface area contributed by atoms with E-state index in [2.05, 4.69) is 15.3 Å². The highest BCUT2D eigenvalue weighted by atomic mass is 16.5. The molecule has 1 aromatic heterocycles. The van der Waals surface area contributed by atoms with E-state index in [0.717, 1.165) is 24.0 Å². The fourth-order valence-electron chi connectivity index (χ4n) is 4.24. The largest absolute Gasteiger partial charge is 0.349 e. The maximum Gasteiger partial charge on any atom is 0.277 e. The summed E-state index contributed by atoms with van der Waals surface area (Å²) in [7, 11) is 0. The average molecular weight is 513 g/mol. The van der Waals surface area contributed by atoms with Crippen molar-refractivity contribution in [3.63, 3.8) is 0 Å². The Kier molecular flexibility index (Phi) is 7.41. The van der Waals surface area contributed by atoms with E-state index >= 15 is 0 Å². The minimum absolute atomic E-state index is 0.0641. The second-order valence-electron chi connectivity index (χ2n) is 9.29. The zero-order valence-corrected chi connectivity index (χ0v) is 20.7. The molecule has 1 saturated heterocycles. The van der Waals surface area contributed by atoms with E-state index < -0.39 is 5.91 Å². The number of nitrogens with zero attached hydrogens (tertiary/aromatic N) is 4. The van der Waals surface area contributed by atoms with Crippen LogP contribution in [0.1, 0.15) is 44.7 Å². The number of rotatable bonds is 7. The van der Waals surface area contributed by atoms with E-state index in [-0.39, 0.29) is 23.4 Å². The highest BCUT2D eigenvalue weighted by molar-refractivity contribution is 6.24. The van der Waals surface area contributed by atoms with Gasteiger partial charge < -0.3 is 15.1 Å². The number of amides is 3. The van der Waals surface area contributed by atoms with Gasteiger partial charge in [0.2, 0.25) is 5.95 Å². The normalized spacial score (nSPS) is 15.7. The molecule has 10 nitrogen and oxygen atoms in total. The molecule has 10 heteroatoms. The minimum Gasteiger partial charge on any atom is -0.349 e. The van der Waals surface area contributed by atoms with Crippen molar-refractivity contribution in [2.24, 2.45) is 0 Å². The van der Waals surface area contributed by atoms with Crippen LogP contribution in [0.2, 0.25) is 0 Å². The van der Waals surface area contributed by atoms with Gasteiger partial charge in [-0.25, -0.2) is 15.4 Å². The molecule has 0 unspecified atom stereocenters. The zero-order valence-electron chi connectivity index (χ0n) is 20.7. The van der Waals surface area contributed by atoms with Crippen molar-refractivity contribution in [1.29, 1.82) is 0 Å². The SMILES string of the molecule is O=C(NC1CC1)C(=Cc1ccc(C(=O)N2CCN(c3ncc(C(=O)NO)cn3)CC2)cc1)c1ccccc1. The Morgan fingerprint density at radius 3 is 2.11 bits per heavy atom. The van der Waals surface area contributed by atoms with Crippen molar-refractivity contribution in [1.82, 2.24) is 25.7 Å². The predicted molar refractivity (Wildman–Crippen MR) is 141 cm³/mol. The van der Waals surface area contributed by atoms with Crippen LogP contribution in [0.25, 0.3) is 11.6 Å². The highest BCUT2D eigenvalue weighted by Crippen LogP contribution is 2.24. The molecule has 2 aliphatic rings. The third-order valence-electron chi connectivity index (χ3n) is 6.56. The molecule has 0 bridgehead atoms. The quantitative estimate of drug-likeness (QED) is 0.192. The third-order valence-corrected chi connectivity index (χ3v) is 6.56. The summed E-state index contributed by atoms with van der Waals surface area (Å²) >= 11 is 0.